The van der Waals surface area contributed by atoms with Crippen LogP contribution in [0.2, 0.25) is 5.02 Å². The first-order chi connectivity index (χ1) is 15.3. The Morgan fingerprint density at radius 1 is 1.06 bits per heavy atom. The fourth-order valence-corrected chi connectivity index (χ4v) is 5.41. The minimum absolute atomic E-state index is 0.192. The predicted molar refractivity (Wildman–Crippen MR) is 126 cm³/mol. The highest BCUT2D eigenvalue weighted by molar-refractivity contribution is 7.92. The Labute approximate surface area is 192 Å². The fraction of sp³-hybridized carbons (Fsp3) is 0.208. The van der Waals surface area contributed by atoms with E-state index < -0.39 is 10.0 Å². The Morgan fingerprint density at radius 3 is 2.59 bits per heavy atom. The fourth-order valence-electron chi connectivity index (χ4n) is 3.64. The van der Waals surface area contributed by atoms with E-state index in [1.165, 1.54) is 10.4 Å². The Bertz CT molecular complexity index is 1290. The standard InChI is InChI=1S/C24H23ClN2O4S/c1-16-7-8-19(14-21(16)25)26-24(28)15-31-23-10-9-20(13-17(23)2)32(29,30)27-12-11-18-5-3-4-6-22(18)27/h3-10,13-14H,11-12,15H2,1-2H3,(H,26,28). The van der Waals surface area contributed by atoms with Gasteiger partial charge in [-0.05, 0) is 73.4 Å². The number of sulfonamides is 1. The molecule has 3 aromatic carbocycles. The molecular formula is C24H23ClN2O4S. The van der Waals surface area contributed by atoms with Crippen molar-refractivity contribution in [1.29, 1.82) is 0 Å². The summed E-state index contributed by atoms with van der Waals surface area (Å²) >= 11 is 6.08. The van der Waals surface area contributed by atoms with Crippen LogP contribution < -0.4 is 14.4 Å². The summed E-state index contributed by atoms with van der Waals surface area (Å²) in [7, 11) is -3.68. The van der Waals surface area contributed by atoms with Crippen LogP contribution in [-0.2, 0) is 21.2 Å². The third kappa shape index (κ3) is 4.45. The highest BCUT2D eigenvalue weighted by Gasteiger charge is 2.30. The molecule has 1 aliphatic rings. The van der Waals surface area contributed by atoms with Gasteiger partial charge >= 0.3 is 0 Å². The van der Waals surface area contributed by atoms with Crippen molar-refractivity contribution in [2.45, 2.75) is 25.2 Å². The number of aryl methyl sites for hydroxylation is 2. The number of halogens is 1. The number of benzene rings is 3. The Kier molecular flexibility index (Phi) is 6.13. The van der Waals surface area contributed by atoms with Gasteiger partial charge in [-0.2, -0.15) is 0 Å². The van der Waals surface area contributed by atoms with Crippen LogP contribution >= 0.6 is 11.6 Å². The van der Waals surface area contributed by atoms with Crippen molar-refractivity contribution in [3.05, 3.63) is 82.4 Å². The summed E-state index contributed by atoms with van der Waals surface area (Å²) in [4.78, 5) is 12.4. The lowest BCUT2D eigenvalue weighted by atomic mass is 10.2. The van der Waals surface area contributed by atoms with Gasteiger partial charge in [-0.3, -0.25) is 9.10 Å². The largest absolute Gasteiger partial charge is 0.483 e. The first kappa shape index (κ1) is 22.2. The summed E-state index contributed by atoms with van der Waals surface area (Å²) in [5, 5.41) is 3.30. The summed E-state index contributed by atoms with van der Waals surface area (Å²) in [6, 6.07) is 17.4. The lowest BCUT2D eigenvalue weighted by molar-refractivity contribution is -0.118. The monoisotopic (exact) mass is 470 g/mol. The van der Waals surface area contributed by atoms with E-state index in [4.69, 9.17) is 16.3 Å². The van der Waals surface area contributed by atoms with Crippen molar-refractivity contribution < 1.29 is 17.9 Å². The first-order valence-electron chi connectivity index (χ1n) is 10.2. The number of rotatable bonds is 6. The molecule has 32 heavy (non-hydrogen) atoms. The summed E-state index contributed by atoms with van der Waals surface area (Å²) in [6.45, 7) is 3.84. The van der Waals surface area contributed by atoms with E-state index in [2.05, 4.69) is 5.32 Å². The van der Waals surface area contributed by atoms with Crippen molar-refractivity contribution in [2.24, 2.45) is 0 Å². The Hall–Kier alpha value is -3.03. The SMILES string of the molecule is Cc1ccc(NC(=O)COc2ccc(S(=O)(=O)N3CCc4ccccc43)cc2C)cc1Cl. The number of anilines is 2. The molecule has 0 atom stereocenters. The van der Waals surface area contributed by atoms with E-state index in [0.29, 0.717) is 35.0 Å². The Morgan fingerprint density at radius 2 is 1.84 bits per heavy atom. The zero-order chi connectivity index (χ0) is 22.9. The van der Waals surface area contributed by atoms with Crippen LogP contribution in [0.15, 0.2) is 65.6 Å². The molecule has 0 aromatic heterocycles. The van der Waals surface area contributed by atoms with E-state index in [1.807, 2.05) is 37.3 Å². The number of hydrogen-bond donors (Lipinski definition) is 1. The molecule has 1 amide bonds. The number of ether oxygens (including phenoxy) is 1. The summed E-state index contributed by atoms with van der Waals surface area (Å²) < 4.78 is 33.4. The highest BCUT2D eigenvalue weighted by atomic mass is 35.5. The second kappa shape index (κ2) is 8.84. The van der Waals surface area contributed by atoms with E-state index in [-0.39, 0.29) is 17.4 Å². The van der Waals surface area contributed by atoms with Crippen LogP contribution in [0, 0.1) is 13.8 Å². The maximum atomic E-state index is 13.2. The molecule has 1 N–H and O–H groups in total. The molecule has 0 aliphatic carbocycles. The second-order valence-corrected chi connectivity index (χ2v) is 9.95. The first-order valence-corrected chi connectivity index (χ1v) is 12.0. The normalized spacial score (nSPS) is 13.0. The Balaban J connectivity index is 1.44. The number of carbonyl (C=O) groups is 1. The number of para-hydroxylation sites is 1. The van der Waals surface area contributed by atoms with Crippen molar-refractivity contribution >= 4 is 38.9 Å². The molecular weight excluding hydrogens is 448 g/mol. The summed E-state index contributed by atoms with van der Waals surface area (Å²) in [5.74, 6) is 0.109. The van der Waals surface area contributed by atoms with E-state index >= 15 is 0 Å². The molecule has 3 aromatic rings. The number of amides is 1. The maximum Gasteiger partial charge on any atom is 0.264 e. The molecule has 0 bridgehead atoms. The van der Waals surface area contributed by atoms with E-state index in [9.17, 15) is 13.2 Å². The zero-order valence-electron chi connectivity index (χ0n) is 17.8. The topological polar surface area (TPSA) is 75.7 Å². The van der Waals surface area contributed by atoms with Crippen molar-refractivity contribution in [1.82, 2.24) is 0 Å². The number of nitrogens with one attached hydrogen (secondary N) is 1. The molecule has 6 nitrogen and oxygen atoms in total. The molecule has 0 saturated heterocycles. The lowest BCUT2D eigenvalue weighted by Gasteiger charge is -2.20. The second-order valence-electron chi connectivity index (χ2n) is 7.68. The number of fused-ring (bicyclic) bond motifs is 1. The van der Waals surface area contributed by atoms with Crippen molar-refractivity contribution in [2.75, 3.05) is 22.8 Å². The number of carbonyl (C=O) groups excluding carboxylic acids is 1. The van der Waals surface area contributed by atoms with Crippen LogP contribution in [0.3, 0.4) is 0 Å². The van der Waals surface area contributed by atoms with Crippen LogP contribution in [0.1, 0.15) is 16.7 Å². The van der Waals surface area contributed by atoms with Gasteiger partial charge in [0.05, 0.1) is 10.6 Å². The van der Waals surface area contributed by atoms with Crippen molar-refractivity contribution in [3.8, 4) is 5.75 Å². The third-order valence-corrected chi connectivity index (χ3v) is 7.61. The predicted octanol–water partition coefficient (Wildman–Crippen LogP) is 4.73. The quantitative estimate of drug-likeness (QED) is 0.565. The van der Waals surface area contributed by atoms with Gasteiger partial charge < -0.3 is 10.1 Å². The average molecular weight is 471 g/mol. The van der Waals surface area contributed by atoms with Gasteiger partial charge in [0.2, 0.25) is 0 Å². The van der Waals surface area contributed by atoms with Gasteiger partial charge in [-0.25, -0.2) is 8.42 Å². The van der Waals surface area contributed by atoms with Crippen LogP contribution in [0.5, 0.6) is 5.75 Å². The average Bonchev–Trinajstić information content (AvgIpc) is 3.20. The molecule has 1 heterocycles. The maximum absolute atomic E-state index is 13.2. The van der Waals surface area contributed by atoms with Crippen molar-refractivity contribution in [3.63, 3.8) is 0 Å². The van der Waals surface area contributed by atoms with Gasteiger partial charge in [0.1, 0.15) is 5.75 Å². The summed E-state index contributed by atoms with van der Waals surface area (Å²) in [6.07, 6.45) is 0.691. The molecule has 8 heteroatoms. The van der Waals surface area contributed by atoms with Crippen LogP contribution in [0.4, 0.5) is 11.4 Å². The molecule has 0 fully saturated rings. The van der Waals surface area contributed by atoms with Gasteiger partial charge in [0.15, 0.2) is 6.61 Å². The van der Waals surface area contributed by atoms with E-state index in [1.54, 1.807) is 31.2 Å². The minimum atomic E-state index is -3.68. The minimum Gasteiger partial charge on any atom is -0.483 e. The van der Waals surface area contributed by atoms with Gasteiger partial charge in [-0.15, -0.1) is 0 Å². The third-order valence-electron chi connectivity index (χ3n) is 5.39. The molecule has 4 rings (SSSR count). The number of nitrogens with zero attached hydrogens (tertiary/aromatic N) is 1. The highest BCUT2D eigenvalue weighted by Crippen LogP contribution is 2.33. The molecule has 0 radical (unpaired) electrons. The summed E-state index contributed by atoms with van der Waals surface area (Å²) in [5.41, 5.74) is 3.87. The zero-order valence-corrected chi connectivity index (χ0v) is 19.3. The molecule has 1 aliphatic heterocycles. The molecule has 166 valence electrons. The van der Waals surface area contributed by atoms with Gasteiger partial charge in [0.25, 0.3) is 15.9 Å². The lowest BCUT2D eigenvalue weighted by Crippen LogP contribution is -2.29. The van der Waals surface area contributed by atoms with Gasteiger partial charge in [-0.1, -0.05) is 35.9 Å². The number of hydrogen-bond acceptors (Lipinski definition) is 4. The molecule has 0 spiro atoms. The molecule has 0 unspecified atom stereocenters. The van der Waals surface area contributed by atoms with Crippen LogP contribution in [0.25, 0.3) is 0 Å². The smallest absolute Gasteiger partial charge is 0.264 e. The van der Waals surface area contributed by atoms with Gasteiger partial charge in [0, 0.05) is 17.3 Å². The van der Waals surface area contributed by atoms with Crippen LogP contribution in [-0.4, -0.2) is 27.5 Å². The van der Waals surface area contributed by atoms with E-state index in [0.717, 1.165) is 16.8 Å². The molecule has 0 saturated carbocycles.